The maximum absolute atomic E-state index is 4.16. The Morgan fingerprint density at radius 2 is 1.92 bits per heavy atom. The molecule has 0 aromatic carbocycles. The van der Waals surface area contributed by atoms with Crippen molar-refractivity contribution in [1.82, 2.24) is 15.2 Å². The molecule has 2 heterocycles. The molecule has 2 aromatic heterocycles. The molecule has 0 fully saturated rings. The third kappa shape index (κ3) is 1.86. The van der Waals surface area contributed by atoms with Crippen molar-refractivity contribution in [3.8, 4) is 0 Å². The van der Waals surface area contributed by atoms with Crippen molar-refractivity contribution in [2.24, 2.45) is 0 Å². The first kappa shape index (κ1) is 9.71. The molecule has 70 valence electrons. The first-order valence-electron chi connectivity index (χ1n) is 4.55. The highest BCUT2D eigenvalue weighted by Gasteiger charge is 2.00. The zero-order valence-electron chi connectivity index (χ0n) is 8.55. The van der Waals surface area contributed by atoms with Gasteiger partial charge in [-0.15, -0.1) is 0 Å². The minimum Gasteiger partial charge on any atom is -0.280 e. The summed E-state index contributed by atoms with van der Waals surface area (Å²) in [4.78, 5) is 4.16. The third-order valence-electron chi connectivity index (χ3n) is 1.74. The molecule has 0 aliphatic rings. The average molecular weight is 177 g/mol. The van der Waals surface area contributed by atoms with Crippen molar-refractivity contribution in [2.75, 3.05) is 0 Å². The van der Waals surface area contributed by atoms with E-state index in [2.05, 4.69) is 21.2 Å². The van der Waals surface area contributed by atoms with Crippen LogP contribution in [0, 0.1) is 13.8 Å². The highest BCUT2D eigenvalue weighted by molar-refractivity contribution is 5.77. The maximum atomic E-state index is 4.16. The lowest BCUT2D eigenvalue weighted by Gasteiger charge is -1.90. The van der Waals surface area contributed by atoms with Gasteiger partial charge in [-0.3, -0.25) is 5.10 Å². The predicted octanol–water partition coefficient (Wildman–Crippen LogP) is 2.60. The molecule has 0 amide bonds. The minimum atomic E-state index is 0.799. The summed E-state index contributed by atoms with van der Waals surface area (Å²) in [5.41, 5.74) is 3.05. The fraction of sp³-hybridized carbons (Fsp3) is 0.400. The summed E-state index contributed by atoms with van der Waals surface area (Å²) in [6, 6.07) is 2.08. The number of hydrogen-bond donors (Lipinski definition) is 1. The molecule has 3 heteroatoms. The summed E-state index contributed by atoms with van der Waals surface area (Å²) in [5, 5.41) is 8.03. The lowest BCUT2D eigenvalue weighted by Crippen LogP contribution is -1.78. The van der Waals surface area contributed by atoms with E-state index in [-0.39, 0.29) is 0 Å². The van der Waals surface area contributed by atoms with Crippen molar-refractivity contribution in [1.29, 1.82) is 0 Å². The second-order valence-electron chi connectivity index (χ2n) is 2.73. The van der Waals surface area contributed by atoms with E-state index in [9.17, 15) is 0 Å². The number of H-pyrrole nitrogens is 1. The van der Waals surface area contributed by atoms with Crippen molar-refractivity contribution >= 4 is 11.0 Å². The van der Waals surface area contributed by atoms with Gasteiger partial charge in [0.1, 0.15) is 0 Å². The topological polar surface area (TPSA) is 41.6 Å². The monoisotopic (exact) mass is 177 g/mol. The van der Waals surface area contributed by atoms with Crippen LogP contribution in [0.15, 0.2) is 12.3 Å². The zero-order valence-corrected chi connectivity index (χ0v) is 8.55. The first-order chi connectivity index (χ1) is 6.27. The van der Waals surface area contributed by atoms with Crippen molar-refractivity contribution in [2.45, 2.75) is 27.7 Å². The Balaban J connectivity index is 0.000000396. The molecule has 0 saturated carbocycles. The number of rotatable bonds is 0. The Kier molecular flexibility index (Phi) is 3.01. The lowest BCUT2D eigenvalue weighted by molar-refractivity contribution is 1.05. The van der Waals surface area contributed by atoms with Crippen LogP contribution < -0.4 is 0 Å². The average Bonchev–Trinajstić information content (AvgIpc) is 2.52. The molecule has 0 aliphatic carbocycles. The van der Waals surface area contributed by atoms with E-state index in [0.717, 1.165) is 16.7 Å². The van der Waals surface area contributed by atoms with Crippen LogP contribution in [0.25, 0.3) is 11.0 Å². The number of hydrogen-bond acceptors (Lipinski definition) is 2. The van der Waals surface area contributed by atoms with Gasteiger partial charge in [0, 0.05) is 17.3 Å². The number of aromatic nitrogens is 3. The van der Waals surface area contributed by atoms with Gasteiger partial charge < -0.3 is 0 Å². The minimum absolute atomic E-state index is 0.799. The molecule has 2 aromatic rings. The fourth-order valence-electron chi connectivity index (χ4n) is 1.12. The van der Waals surface area contributed by atoms with Gasteiger partial charge >= 0.3 is 0 Å². The van der Waals surface area contributed by atoms with Gasteiger partial charge in [0.25, 0.3) is 0 Å². The van der Waals surface area contributed by atoms with E-state index in [1.54, 1.807) is 0 Å². The fourth-order valence-corrected chi connectivity index (χ4v) is 1.12. The number of aromatic amines is 1. The molecule has 3 nitrogen and oxygen atoms in total. The van der Waals surface area contributed by atoms with Gasteiger partial charge in [-0.1, -0.05) is 13.8 Å². The molecule has 0 radical (unpaired) electrons. The molecule has 0 atom stereocenters. The molecule has 0 unspecified atom stereocenters. The predicted molar refractivity (Wildman–Crippen MR) is 54.7 cm³/mol. The Hall–Kier alpha value is -1.38. The molecular weight excluding hydrogens is 162 g/mol. The van der Waals surface area contributed by atoms with Crippen molar-refractivity contribution < 1.29 is 0 Å². The van der Waals surface area contributed by atoms with Gasteiger partial charge in [-0.05, 0) is 25.5 Å². The van der Waals surface area contributed by atoms with Crippen LogP contribution in [0.1, 0.15) is 25.1 Å². The van der Waals surface area contributed by atoms with Crippen LogP contribution in [-0.2, 0) is 0 Å². The number of aryl methyl sites for hydroxylation is 2. The van der Waals surface area contributed by atoms with E-state index in [1.807, 2.05) is 33.9 Å². The van der Waals surface area contributed by atoms with Gasteiger partial charge in [-0.25, -0.2) is 4.98 Å². The summed E-state index contributed by atoms with van der Waals surface area (Å²) in [5.74, 6) is 0. The smallest absolute Gasteiger partial charge is 0.181 e. The largest absolute Gasteiger partial charge is 0.280 e. The molecule has 0 saturated heterocycles. The summed E-state index contributed by atoms with van der Waals surface area (Å²) in [6.07, 6.45) is 1.82. The van der Waals surface area contributed by atoms with Gasteiger partial charge in [0.05, 0.1) is 0 Å². The second-order valence-corrected chi connectivity index (χ2v) is 2.73. The Bertz CT molecular complexity index is 390. The van der Waals surface area contributed by atoms with Crippen molar-refractivity contribution in [3.05, 3.63) is 23.5 Å². The number of pyridine rings is 1. The second kappa shape index (κ2) is 4.03. The maximum Gasteiger partial charge on any atom is 0.181 e. The van der Waals surface area contributed by atoms with Crippen LogP contribution in [0.2, 0.25) is 0 Å². The quantitative estimate of drug-likeness (QED) is 0.672. The van der Waals surface area contributed by atoms with Crippen LogP contribution >= 0.6 is 0 Å². The molecular formula is C10H15N3. The number of nitrogens with one attached hydrogen (secondary N) is 1. The summed E-state index contributed by atoms with van der Waals surface area (Å²) < 4.78 is 0. The highest BCUT2D eigenvalue weighted by Crippen LogP contribution is 2.13. The number of nitrogens with zero attached hydrogens (tertiary/aromatic N) is 2. The summed E-state index contributed by atoms with van der Waals surface area (Å²) in [6.45, 7) is 8.02. The van der Waals surface area contributed by atoms with Gasteiger partial charge in [-0.2, -0.15) is 5.10 Å². The van der Waals surface area contributed by atoms with Crippen LogP contribution in [0.4, 0.5) is 0 Å². The van der Waals surface area contributed by atoms with E-state index in [4.69, 9.17) is 0 Å². The first-order valence-corrected chi connectivity index (χ1v) is 4.55. The van der Waals surface area contributed by atoms with Crippen LogP contribution in [0.3, 0.4) is 0 Å². The summed E-state index contributed by atoms with van der Waals surface area (Å²) >= 11 is 0. The number of fused-ring (bicyclic) bond motifs is 1. The summed E-state index contributed by atoms with van der Waals surface area (Å²) in [7, 11) is 0. The Morgan fingerprint density at radius 3 is 2.62 bits per heavy atom. The molecule has 2 rings (SSSR count). The highest BCUT2D eigenvalue weighted by atomic mass is 15.1. The van der Waals surface area contributed by atoms with E-state index in [1.165, 1.54) is 5.56 Å². The standard InChI is InChI=1S/C8H9N3.C2H6/c1-5-3-7-6(2)10-11-8(7)9-4-5;1-2/h3-4H,1-2H3,(H,9,10,11);1-2H3. The molecule has 13 heavy (non-hydrogen) atoms. The van der Waals surface area contributed by atoms with Gasteiger partial charge in [0.15, 0.2) is 5.65 Å². The third-order valence-corrected chi connectivity index (χ3v) is 1.74. The van der Waals surface area contributed by atoms with Crippen molar-refractivity contribution in [3.63, 3.8) is 0 Å². The van der Waals surface area contributed by atoms with E-state index in [0.29, 0.717) is 0 Å². The Morgan fingerprint density at radius 1 is 1.23 bits per heavy atom. The van der Waals surface area contributed by atoms with Crippen LogP contribution in [-0.4, -0.2) is 15.2 Å². The Labute approximate surface area is 78.2 Å². The SMILES string of the molecule is CC.Cc1cnc2n[nH]c(C)c2c1. The van der Waals surface area contributed by atoms with E-state index < -0.39 is 0 Å². The molecule has 1 N–H and O–H groups in total. The zero-order chi connectivity index (χ0) is 9.84. The molecule has 0 bridgehead atoms. The van der Waals surface area contributed by atoms with Gasteiger partial charge in [0.2, 0.25) is 0 Å². The molecule has 0 spiro atoms. The normalized spacial score (nSPS) is 9.54. The lowest BCUT2D eigenvalue weighted by atomic mass is 10.2. The molecule has 0 aliphatic heterocycles. The van der Waals surface area contributed by atoms with E-state index >= 15 is 0 Å². The van der Waals surface area contributed by atoms with Crippen LogP contribution in [0.5, 0.6) is 0 Å².